The van der Waals surface area contributed by atoms with Gasteiger partial charge in [0.15, 0.2) is 0 Å². The molecule has 25 heavy (non-hydrogen) atoms. The van der Waals surface area contributed by atoms with E-state index in [1.165, 1.54) is 12.8 Å². The van der Waals surface area contributed by atoms with Crippen molar-refractivity contribution in [2.24, 2.45) is 5.92 Å². The zero-order valence-electron chi connectivity index (χ0n) is 14.9. The van der Waals surface area contributed by atoms with Crippen molar-refractivity contribution in [3.8, 4) is 5.75 Å². The van der Waals surface area contributed by atoms with Crippen LogP contribution in [0, 0.1) is 5.92 Å². The molecular formula is C20H24N2O2S. The Morgan fingerprint density at radius 3 is 2.64 bits per heavy atom. The van der Waals surface area contributed by atoms with Crippen LogP contribution in [-0.2, 0) is 0 Å². The minimum absolute atomic E-state index is 0.0323. The van der Waals surface area contributed by atoms with E-state index in [0.717, 1.165) is 22.2 Å². The molecule has 1 aromatic carbocycles. The van der Waals surface area contributed by atoms with Crippen LogP contribution in [0.3, 0.4) is 0 Å². The lowest BCUT2D eigenvalue weighted by atomic mass is 10.1. The van der Waals surface area contributed by atoms with Gasteiger partial charge in [0.1, 0.15) is 5.75 Å². The van der Waals surface area contributed by atoms with Crippen LogP contribution in [0.15, 0.2) is 47.6 Å². The van der Waals surface area contributed by atoms with Crippen molar-refractivity contribution in [3.05, 3.63) is 48.2 Å². The predicted octanol–water partition coefficient (Wildman–Crippen LogP) is 4.65. The molecule has 4 nitrogen and oxygen atoms in total. The number of anilines is 1. The molecule has 1 unspecified atom stereocenters. The van der Waals surface area contributed by atoms with E-state index in [9.17, 15) is 4.79 Å². The smallest absolute Gasteiger partial charge is 0.258 e. The predicted molar refractivity (Wildman–Crippen MR) is 103 cm³/mol. The van der Waals surface area contributed by atoms with Crippen LogP contribution in [0.4, 0.5) is 5.69 Å². The Hall–Kier alpha value is -2.01. The Morgan fingerprint density at radius 1 is 1.32 bits per heavy atom. The third-order valence-electron chi connectivity index (χ3n) is 4.55. The van der Waals surface area contributed by atoms with Gasteiger partial charge in [-0.3, -0.25) is 4.79 Å². The third kappa shape index (κ3) is 4.15. The summed E-state index contributed by atoms with van der Waals surface area (Å²) in [6.07, 6.45) is 4.10. The standard InChI is InChI=1S/C20H24N2O2S/c1-4-25-19-13-16(11-12-21-19)20(23)22(14(2)15-5-6-15)17-7-9-18(24-3)10-8-17/h7-15H,4-6H2,1-3H3. The average Bonchev–Trinajstić information content (AvgIpc) is 3.48. The molecule has 1 aromatic heterocycles. The molecule has 1 atom stereocenters. The minimum Gasteiger partial charge on any atom is -0.497 e. The first-order chi connectivity index (χ1) is 12.1. The van der Waals surface area contributed by atoms with Crippen molar-refractivity contribution in [1.82, 2.24) is 4.98 Å². The summed E-state index contributed by atoms with van der Waals surface area (Å²) in [7, 11) is 1.65. The number of nitrogens with zero attached hydrogens (tertiary/aromatic N) is 2. The van der Waals surface area contributed by atoms with Crippen LogP contribution >= 0.6 is 11.8 Å². The summed E-state index contributed by atoms with van der Waals surface area (Å²) in [6, 6.07) is 11.6. The largest absolute Gasteiger partial charge is 0.497 e. The molecule has 0 spiro atoms. The maximum absolute atomic E-state index is 13.3. The van der Waals surface area contributed by atoms with Crippen LogP contribution in [0.1, 0.15) is 37.0 Å². The number of aromatic nitrogens is 1. The summed E-state index contributed by atoms with van der Waals surface area (Å²) in [5.74, 6) is 2.34. The van der Waals surface area contributed by atoms with E-state index in [4.69, 9.17) is 4.74 Å². The fraction of sp³-hybridized carbons (Fsp3) is 0.400. The first-order valence-electron chi connectivity index (χ1n) is 8.70. The molecule has 132 valence electrons. The lowest BCUT2D eigenvalue weighted by Crippen LogP contribution is -2.40. The monoisotopic (exact) mass is 356 g/mol. The number of carbonyl (C=O) groups is 1. The van der Waals surface area contributed by atoms with Crippen molar-refractivity contribution < 1.29 is 9.53 Å². The number of amides is 1. The summed E-state index contributed by atoms with van der Waals surface area (Å²) < 4.78 is 5.24. The molecule has 0 N–H and O–H groups in total. The highest BCUT2D eigenvalue weighted by Crippen LogP contribution is 2.38. The van der Waals surface area contributed by atoms with Gasteiger partial charge in [0, 0.05) is 23.5 Å². The van der Waals surface area contributed by atoms with Crippen molar-refractivity contribution in [2.45, 2.75) is 37.8 Å². The summed E-state index contributed by atoms with van der Waals surface area (Å²) in [5, 5.41) is 0.891. The quantitative estimate of drug-likeness (QED) is 0.677. The second-order valence-electron chi connectivity index (χ2n) is 6.27. The summed E-state index contributed by atoms with van der Waals surface area (Å²) in [5.41, 5.74) is 1.60. The van der Waals surface area contributed by atoms with Crippen molar-refractivity contribution in [1.29, 1.82) is 0 Å². The van der Waals surface area contributed by atoms with Crippen LogP contribution in [0.2, 0.25) is 0 Å². The second-order valence-corrected chi connectivity index (χ2v) is 7.55. The van der Waals surface area contributed by atoms with Crippen molar-refractivity contribution >= 4 is 23.4 Å². The molecule has 1 fully saturated rings. The van der Waals surface area contributed by atoms with Gasteiger partial charge in [-0.05, 0) is 67.8 Å². The SMILES string of the molecule is CCSc1cc(C(=O)N(c2ccc(OC)cc2)C(C)C2CC2)ccn1. The fourth-order valence-corrected chi connectivity index (χ4v) is 3.62. The number of ether oxygens (including phenoxy) is 1. The van der Waals surface area contributed by atoms with Crippen molar-refractivity contribution in [3.63, 3.8) is 0 Å². The van der Waals surface area contributed by atoms with E-state index in [2.05, 4.69) is 18.8 Å². The average molecular weight is 356 g/mol. The van der Waals surface area contributed by atoms with Gasteiger partial charge in [-0.2, -0.15) is 0 Å². The Balaban J connectivity index is 1.92. The number of pyridine rings is 1. The van der Waals surface area contributed by atoms with Gasteiger partial charge >= 0.3 is 0 Å². The lowest BCUT2D eigenvalue weighted by Gasteiger charge is -2.30. The zero-order chi connectivity index (χ0) is 17.8. The maximum atomic E-state index is 13.3. The number of methoxy groups -OCH3 is 1. The Labute approximate surface area is 153 Å². The van der Waals surface area contributed by atoms with Crippen LogP contribution in [0.5, 0.6) is 5.75 Å². The van der Waals surface area contributed by atoms with Gasteiger partial charge in [-0.15, -0.1) is 11.8 Å². The van der Waals surface area contributed by atoms with Crippen LogP contribution in [0.25, 0.3) is 0 Å². The van der Waals surface area contributed by atoms with Gasteiger partial charge < -0.3 is 9.64 Å². The lowest BCUT2D eigenvalue weighted by molar-refractivity contribution is 0.0975. The Kier molecular flexibility index (Phi) is 5.63. The molecule has 5 heteroatoms. The maximum Gasteiger partial charge on any atom is 0.258 e. The zero-order valence-corrected chi connectivity index (χ0v) is 15.8. The summed E-state index contributed by atoms with van der Waals surface area (Å²) >= 11 is 1.65. The first-order valence-corrected chi connectivity index (χ1v) is 9.69. The van der Waals surface area contributed by atoms with Crippen molar-refractivity contribution in [2.75, 3.05) is 17.8 Å². The van der Waals surface area contributed by atoms with Gasteiger partial charge in [-0.1, -0.05) is 6.92 Å². The van der Waals surface area contributed by atoms with Gasteiger partial charge in [0.05, 0.1) is 12.1 Å². The van der Waals surface area contributed by atoms with E-state index < -0.39 is 0 Å². The van der Waals surface area contributed by atoms with Gasteiger partial charge in [0.2, 0.25) is 0 Å². The molecule has 1 aliphatic carbocycles. The van der Waals surface area contributed by atoms with E-state index in [-0.39, 0.29) is 11.9 Å². The molecular weight excluding hydrogens is 332 g/mol. The molecule has 1 aliphatic rings. The molecule has 0 bridgehead atoms. The third-order valence-corrected chi connectivity index (χ3v) is 5.36. The molecule has 0 aliphatic heterocycles. The summed E-state index contributed by atoms with van der Waals surface area (Å²) in [4.78, 5) is 19.5. The minimum atomic E-state index is 0.0323. The molecule has 1 saturated carbocycles. The van der Waals surface area contributed by atoms with E-state index in [0.29, 0.717) is 11.5 Å². The molecule has 3 rings (SSSR count). The molecule has 2 aromatic rings. The first kappa shape index (κ1) is 17.8. The number of carbonyl (C=O) groups excluding carboxylic acids is 1. The number of hydrogen-bond acceptors (Lipinski definition) is 4. The van der Waals surface area contributed by atoms with Gasteiger partial charge in [0.25, 0.3) is 5.91 Å². The highest BCUT2D eigenvalue weighted by atomic mass is 32.2. The second kappa shape index (κ2) is 7.91. The highest BCUT2D eigenvalue weighted by molar-refractivity contribution is 7.99. The topological polar surface area (TPSA) is 42.4 Å². The molecule has 1 amide bonds. The number of rotatable bonds is 7. The molecule has 1 heterocycles. The van der Waals surface area contributed by atoms with Crippen LogP contribution in [-0.4, -0.2) is 29.8 Å². The fourth-order valence-electron chi connectivity index (χ4n) is 2.98. The normalized spacial score (nSPS) is 14.8. The molecule has 0 radical (unpaired) electrons. The highest BCUT2D eigenvalue weighted by Gasteiger charge is 2.35. The Bertz CT molecular complexity index is 729. The Morgan fingerprint density at radius 2 is 2.04 bits per heavy atom. The van der Waals surface area contributed by atoms with E-state index in [1.807, 2.05) is 35.2 Å². The summed E-state index contributed by atoms with van der Waals surface area (Å²) in [6.45, 7) is 4.22. The van der Waals surface area contributed by atoms with Gasteiger partial charge in [-0.25, -0.2) is 4.98 Å². The molecule has 0 saturated heterocycles. The number of thioether (sulfide) groups is 1. The number of hydrogen-bond donors (Lipinski definition) is 0. The van der Waals surface area contributed by atoms with Crippen LogP contribution < -0.4 is 9.64 Å². The number of benzene rings is 1. The van der Waals surface area contributed by atoms with E-state index in [1.54, 1.807) is 31.1 Å². The van der Waals surface area contributed by atoms with E-state index >= 15 is 0 Å².